The van der Waals surface area contributed by atoms with Crippen LogP contribution in [0.1, 0.15) is 213 Å². The summed E-state index contributed by atoms with van der Waals surface area (Å²) in [5, 5.41) is 22.0. The number of likely N-dealkylation sites (tertiary alicyclic amines) is 2. The number of aliphatic carboxylic acids is 1. The highest BCUT2D eigenvalue weighted by atomic mass is 32.2. The molecule has 0 aromatic carbocycles. The molecule has 0 spiro atoms. The Hall–Kier alpha value is -3.68. The van der Waals surface area contributed by atoms with Crippen molar-refractivity contribution in [3.63, 3.8) is 0 Å². The highest BCUT2D eigenvalue weighted by molar-refractivity contribution is 7.93. The molecule has 18 nitrogen and oxygen atoms in total. The average molecular weight is 1150 g/mol. The van der Waals surface area contributed by atoms with Gasteiger partial charge in [0.1, 0.15) is 24.2 Å². The number of nitrogens with one attached hydrogen (secondary N) is 4. The van der Waals surface area contributed by atoms with Crippen molar-refractivity contribution < 1.29 is 55.4 Å². The van der Waals surface area contributed by atoms with E-state index < -0.39 is 88.4 Å². The van der Waals surface area contributed by atoms with Crippen LogP contribution in [0.25, 0.3) is 0 Å². The first-order chi connectivity index (χ1) is 35.7. The molecule has 5 N–H and O–H groups in total. The summed E-state index contributed by atoms with van der Waals surface area (Å²) < 4.78 is 56.0. The molecule has 79 heavy (non-hydrogen) atoms. The van der Waals surface area contributed by atoms with Crippen molar-refractivity contribution in [2.24, 2.45) is 46.3 Å². The fourth-order valence-corrected chi connectivity index (χ4v) is 17.9. The van der Waals surface area contributed by atoms with Crippen LogP contribution in [0.3, 0.4) is 0 Å². The van der Waals surface area contributed by atoms with Gasteiger partial charge < -0.3 is 40.9 Å². The van der Waals surface area contributed by atoms with E-state index in [1.54, 1.807) is 46.4 Å². The van der Waals surface area contributed by atoms with Crippen molar-refractivity contribution >= 4 is 55.5 Å². The lowest BCUT2D eigenvalue weighted by Crippen LogP contribution is -2.62. The molecule has 6 saturated carbocycles. The SMILES string of the molecule is C.C.CC1(C)C2CN(C(=O)[C@@H](NC(=O)NC3(CS(=O)(=O)C(C)(C)C)CCCCC3)C3CCCCC3)[C@H](C(=O)O)[C@H]21.COC(=O)[C@@H]1[C@@H]2C(CN1C(=O)[C@@H](NC(=O)NC1(CS(=O)(=O)C(C)(C)C)CCCCC1)C1CCCCC1)C2(C)C. The number of esters is 1. The number of carboxylic acids is 1. The molecular weight excluding hydrogens is 1050 g/mol. The van der Waals surface area contributed by atoms with Crippen LogP contribution in [-0.2, 0) is 43.6 Å². The molecule has 0 bridgehead atoms. The van der Waals surface area contributed by atoms with Crippen molar-refractivity contribution in [2.75, 3.05) is 31.7 Å². The van der Waals surface area contributed by atoms with Crippen LogP contribution in [0.5, 0.6) is 0 Å². The van der Waals surface area contributed by atoms with Crippen molar-refractivity contribution in [1.29, 1.82) is 0 Å². The number of fused-ring (bicyclic) bond motifs is 2. The zero-order valence-electron chi connectivity index (χ0n) is 48.4. The van der Waals surface area contributed by atoms with Gasteiger partial charge in [-0.05, 0) is 127 Å². The summed E-state index contributed by atoms with van der Waals surface area (Å²) in [6.07, 6.45) is 17.0. The van der Waals surface area contributed by atoms with E-state index in [4.69, 9.17) is 4.74 Å². The lowest BCUT2D eigenvalue weighted by atomic mass is 9.82. The van der Waals surface area contributed by atoms with E-state index in [0.29, 0.717) is 38.8 Å². The van der Waals surface area contributed by atoms with Gasteiger partial charge in [-0.3, -0.25) is 9.59 Å². The fraction of sp³-hybridized carbons (Fsp3) is 0.898. The number of rotatable bonds is 14. The van der Waals surface area contributed by atoms with Crippen LogP contribution >= 0.6 is 0 Å². The molecule has 6 amide bonds. The van der Waals surface area contributed by atoms with Crippen LogP contribution in [0.15, 0.2) is 0 Å². The maximum Gasteiger partial charge on any atom is 0.328 e. The van der Waals surface area contributed by atoms with Gasteiger partial charge >= 0.3 is 24.0 Å². The van der Waals surface area contributed by atoms with Gasteiger partial charge in [0.05, 0.1) is 39.2 Å². The van der Waals surface area contributed by atoms with Gasteiger partial charge in [0.15, 0.2) is 19.7 Å². The van der Waals surface area contributed by atoms with Gasteiger partial charge in [-0.15, -0.1) is 0 Å². The number of sulfone groups is 2. The van der Waals surface area contributed by atoms with Crippen LogP contribution in [0, 0.1) is 46.3 Å². The summed E-state index contributed by atoms with van der Waals surface area (Å²) in [4.78, 5) is 83.3. The number of carbonyl (C=O) groups is 6. The minimum atomic E-state index is -3.49. The number of carboxylic acid groups (broad SMARTS) is 1. The van der Waals surface area contributed by atoms with Crippen LogP contribution in [0.2, 0.25) is 0 Å². The molecule has 8 fully saturated rings. The second-order valence-corrected chi connectivity index (χ2v) is 33.5. The highest BCUT2D eigenvalue weighted by Gasteiger charge is 2.71. The van der Waals surface area contributed by atoms with Crippen LogP contribution in [0.4, 0.5) is 9.59 Å². The van der Waals surface area contributed by atoms with Crippen LogP contribution in [-0.4, -0.2) is 144 Å². The summed E-state index contributed by atoms with van der Waals surface area (Å²) in [6, 6.07) is -4.13. The number of hydrogen-bond acceptors (Lipinski definition) is 11. The molecule has 8 aliphatic rings. The Morgan fingerprint density at radius 2 is 0.861 bits per heavy atom. The summed E-state index contributed by atoms with van der Waals surface area (Å²) in [7, 11) is -5.62. The topological polar surface area (TPSA) is 255 Å². The van der Waals surface area contributed by atoms with Gasteiger partial charge in [-0.25, -0.2) is 36.0 Å². The molecule has 2 heterocycles. The van der Waals surface area contributed by atoms with Gasteiger partial charge in [-0.2, -0.15) is 0 Å². The van der Waals surface area contributed by atoms with Gasteiger partial charge in [0.25, 0.3) is 0 Å². The number of hydrogen-bond donors (Lipinski definition) is 5. The molecular formula is C59H104N6O12S2. The summed E-state index contributed by atoms with van der Waals surface area (Å²) in [5.74, 6) is -1.90. The first-order valence-electron chi connectivity index (χ1n) is 29.3. The third kappa shape index (κ3) is 14.1. The number of urea groups is 2. The lowest BCUT2D eigenvalue weighted by Gasteiger charge is -2.41. The van der Waals surface area contributed by atoms with Crippen molar-refractivity contribution in [1.82, 2.24) is 31.1 Å². The zero-order valence-corrected chi connectivity index (χ0v) is 50.0. The molecule has 20 heteroatoms. The van der Waals surface area contributed by atoms with Crippen molar-refractivity contribution in [2.45, 2.75) is 257 Å². The summed E-state index contributed by atoms with van der Waals surface area (Å²) >= 11 is 0. The largest absolute Gasteiger partial charge is 0.480 e. The second kappa shape index (κ2) is 24.6. The standard InChI is InChI=1S/C29H49N3O6S.C28H47N3O6S.2CH4/c1-27(2,3)39(36,37)18-29(15-11-8-12-16-29)31-26(35)30-22(19-13-9-7-10-14-19)24(33)32-17-20-21(28(20,4)5)23(32)25(34)38-6;1-26(2,3)38(36,37)17-28(14-10-7-11-15-28)30-25(35)29-21(18-12-8-6-9-13-18)23(32)31-16-19-20(27(19,4)5)22(31)24(33)34;;/h19-23H,7-18H2,1-6H3,(H2,30,31,35);18-22H,6-17H2,1-5H3,(H,33,34)(H2,29,30,35);2*1H4/t20?,21-,22-,23-;19?,20-,21-,22-;;/m00../s1. The third-order valence-electron chi connectivity index (χ3n) is 20.2. The monoisotopic (exact) mass is 1150 g/mol. The number of carbonyl (C=O) groups excluding carboxylic acids is 5. The third-order valence-corrected chi connectivity index (χ3v) is 25.8. The molecule has 454 valence electrons. The fourth-order valence-electron chi connectivity index (χ4n) is 14.8. The van der Waals surface area contributed by atoms with Gasteiger partial charge in [-0.1, -0.05) is 120 Å². The average Bonchev–Trinajstić information content (AvgIpc) is 2.77. The normalized spacial score (nSPS) is 28.7. The van der Waals surface area contributed by atoms with Crippen LogP contribution < -0.4 is 21.3 Å². The van der Waals surface area contributed by atoms with E-state index in [2.05, 4.69) is 49.0 Å². The van der Waals surface area contributed by atoms with Crippen molar-refractivity contribution in [3.05, 3.63) is 0 Å². The maximum absolute atomic E-state index is 14.1. The van der Waals surface area contributed by atoms with E-state index in [0.717, 1.165) is 103 Å². The molecule has 0 radical (unpaired) electrons. The molecule has 2 unspecified atom stereocenters. The maximum atomic E-state index is 14.1. The van der Waals surface area contributed by atoms with E-state index in [1.807, 2.05) is 0 Å². The Balaban J connectivity index is 0.000000284. The number of piperidine rings is 2. The number of nitrogens with zero attached hydrogens (tertiary/aromatic N) is 2. The molecule has 0 aromatic rings. The first-order valence-corrected chi connectivity index (χ1v) is 32.6. The van der Waals surface area contributed by atoms with Gasteiger partial charge in [0.2, 0.25) is 11.8 Å². The summed E-state index contributed by atoms with van der Waals surface area (Å²) in [6.45, 7) is 19.3. The first kappa shape index (κ1) is 66.1. The molecule has 2 aliphatic heterocycles. The van der Waals surface area contributed by atoms with Gasteiger partial charge in [0, 0.05) is 24.9 Å². The molecule has 0 aromatic heterocycles. The van der Waals surface area contributed by atoms with E-state index in [-0.39, 0.29) is 84.5 Å². The Labute approximate surface area is 475 Å². The number of methoxy groups -OCH3 is 1. The molecule has 8 rings (SSSR count). The van der Waals surface area contributed by atoms with Crippen molar-refractivity contribution in [3.8, 4) is 0 Å². The molecule has 6 aliphatic carbocycles. The zero-order chi connectivity index (χ0) is 56.9. The minimum absolute atomic E-state index is 0. The predicted molar refractivity (Wildman–Crippen MR) is 308 cm³/mol. The Morgan fingerprint density at radius 1 is 0.544 bits per heavy atom. The number of amides is 6. The minimum Gasteiger partial charge on any atom is -0.480 e. The molecule has 2 saturated heterocycles. The van der Waals surface area contributed by atoms with E-state index in [9.17, 15) is 50.7 Å². The Bertz CT molecular complexity index is 2430. The molecule has 8 atom stereocenters. The Morgan fingerprint density at radius 3 is 1.18 bits per heavy atom. The second-order valence-electron chi connectivity index (χ2n) is 28.0. The summed E-state index contributed by atoms with van der Waals surface area (Å²) in [5.41, 5.74) is -1.86. The predicted octanol–water partition coefficient (Wildman–Crippen LogP) is 8.80. The smallest absolute Gasteiger partial charge is 0.328 e. The van der Waals surface area contributed by atoms with E-state index in [1.165, 1.54) is 12.0 Å². The highest BCUT2D eigenvalue weighted by Crippen LogP contribution is 2.66. The Kier molecular flexibility index (Phi) is 20.6. The number of ether oxygens (including phenoxy) is 1. The lowest BCUT2D eigenvalue weighted by molar-refractivity contribution is -0.154. The van der Waals surface area contributed by atoms with E-state index >= 15 is 0 Å². The quantitative estimate of drug-likeness (QED) is 0.102.